The van der Waals surface area contributed by atoms with Gasteiger partial charge in [0.2, 0.25) is 5.95 Å². The molecule has 150 valence electrons. The number of aliphatic hydroxyl groups is 1. The quantitative estimate of drug-likeness (QED) is 0.199. The second-order valence-electron chi connectivity index (χ2n) is 5.83. The molecule has 15 heteroatoms. The lowest BCUT2D eigenvalue weighted by Gasteiger charge is -2.18. The van der Waals surface area contributed by atoms with Gasteiger partial charge in [0.1, 0.15) is 12.3 Å². The second kappa shape index (κ2) is 7.75. The van der Waals surface area contributed by atoms with Crippen LogP contribution in [0.25, 0.3) is 11.2 Å². The standard InChI is InChI=1S/C12H19N6O7PS/c13-11-16-9-8(10(20)17-11)15-12(21)18(9)7-3-5(19)6(25-7)4-24-26(22,23)14-1-2-27/h5-7,19,27H,1-4H2,(H,15,21)(H2,14,22,23)(H3,13,16,17,20)/t5-,6+,7+/m0/s1. The van der Waals surface area contributed by atoms with E-state index in [1.54, 1.807) is 0 Å². The van der Waals surface area contributed by atoms with E-state index in [4.69, 9.17) is 15.0 Å². The van der Waals surface area contributed by atoms with Crippen LogP contribution in [0.1, 0.15) is 12.6 Å². The molecule has 3 rings (SSSR count). The van der Waals surface area contributed by atoms with Crippen molar-refractivity contribution in [3.63, 3.8) is 0 Å². The molecule has 0 aromatic carbocycles. The van der Waals surface area contributed by atoms with Gasteiger partial charge in [0.25, 0.3) is 5.56 Å². The maximum absolute atomic E-state index is 12.2. The van der Waals surface area contributed by atoms with E-state index < -0.39 is 44.0 Å². The summed E-state index contributed by atoms with van der Waals surface area (Å²) in [6, 6.07) is 0. The van der Waals surface area contributed by atoms with Crippen LogP contribution in [-0.4, -0.2) is 60.6 Å². The lowest BCUT2D eigenvalue weighted by Crippen LogP contribution is -2.28. The molecule has 1 fully saturated rings. The number of H-pyrrole nitrogens is 2. The Labute approximate surface area is 156 Å². The fraction of sp³-hybridized carbons (Fsp3) is 0.583. The number of nitrogen functional groups attached to an aromatic ring is 1. The Bertz CT molecular complexity index is 989. The van der Waals surface area contributed by atoms with Crippen molar-refractivity contribution >= 4 is 37.5 Å². The van der Waals surface area contributed by atoms with E-state index in [0.29, 0.717) is 5.75 Å². The monoisotopic (exact) mass is 422 g/mol. The molecule has 0 saturated carbocycles. The van der Waals surface area contributed by atoms with E-state index in [2.05, 4.69) is 32.7 Å². The Balaban J connectivity index is 1.78. The van der Waals surface area contributed by atoms with Gasteiger partial charge in [-0.05, 0) is 0 Å². The molecule has 4 atom stereocenters. The van der Waals surface area contributed by atoms with Crippen LogP contribution in [0.3, 0.4) is 0 Å². The lowest BCUT2D eigenvalue weighted by atomic mass is 10.2. The number of nitrogens with one attached hydrogen (secondary N) is 3. The summed E-state index contributed by atoms with van der Waals surface area (Å²) in [4.78, 5) is 42.3. The highest BCUT2D eigenvalue weighted by Crippen LogP contribution is 2.38. The van der Waals surface area contributed by atoms with Gasteiger partial charge in [0.05, 0.1) is 12.7 Å². The van der Waals surface area contributed by atoms with Gasteiger partial charge >= 0.3 is 13.4 Å². The number of rotatable bonds is 7. The predicted molar refractivity (Wildman–Crippen MR) is 97.6 cm³/mol. The van der Waals surface area contributed by atoms with E-state index >= 15 is 0 Å². The first-order valence-electron chi connectivity index (χ1n) is 7.88. The number of anilines is 1. The molecule has 1 saturated heterocycles. The number of ether oxygens (including phenoxy) is 1. The largest absolute Gasteiger partial charge is 0.403 e. The molecule has 0 radical (unpaired) electrons. The van der Waals surface area contributed by atoms with Crippen molar-refractivity contribution in [2.75, 3.05) is 24.6 Å². The lowest BCUT2D eigenvalue weighted by molar-refractivity contribution is -0.0410. The first kappa shape index (κ1) is 20.1. The number of aliphatic hydroxyl groups excluding tert-OH is 1. The van der Waals surface area contributed by atoms with Gasteiger partial charge in [-0.2, -0.15) is 17.6 Å². The Morgan fingerprint density at radius 3 is 2.93 bits per heavy atom. The molecule has 1 aliphatic rings. The molecule has 3 heterocycles. The number of fused-ring (bicyclic) bond motifs is 1. The summed E-state index contributed by atoms with van der Waals surface area (Å²) < 4.78 is 23.3. The van der Waals surface area contributed by atoms with Crippen LogP contribution in [-0.2, 0) is 13.8 Å². The first-order valence-corrected chi connectivity index (χ1v) is 10.1. The van der Waals surface area contributed by atoms with Gasteiger partial charge in [0.15, 0.2) is 11.2 Å². The highest BCUT2D eigenvalue weighted by atomic mass is 32.1. The number of aromatic amines is 2. The molecule has 2 aromatic rings. The van der Waals surface area contributed by atoms with E-state index in [0.717, 1.165) is 4.57 Å². The zero-order chi connectivity index (χ0) is 19.8. The maximum atomic E-state index is 12.2. The van der Waals surface area contributed by atoms with Crippen LogP contribution >= 0.6 is 20.4 Å². The summed E-state index contributed by atoms with van der Waals surface area (Å²) in [5.74, 6) is 0.146. The van der Waals surface area contributed by atoms with Crippen LogP contribution < -0.4 is 22.1 Å². The third kappa shape index (κ3) is 4.27. The van der Waals surface area contributed by atoms with Gasteiger partial charge in [0, 0.05) is 18.7 Å². The highest BCUT2D eigenvalue weighted by molar-refractivity contribution is 7.80. The topological polar surface area (TPSA) is 198 Å². The van der Waals surface area contributed by atoms with Crippen molar-refractivity contribution < 1.29 is 23.8 Å². The van der Waals surface area contributed by atoms with Crippen LogP contribution in [0.5, 0.6) is 0 Å². The molecule has 1 unspecified atom stereocenters. The minimum atomic E-state index is -4.07. The fourth-order valence-corrected chi connectivity index (χ4v) is 3.85. The third-order valence-electron chi connectivity index (χ3n) is 3.93. The molecule has 0 bridgehead atoms. The van der Waals surface area contributed by atoms with Crippen molar-refractivity contribution in [1.82, 2.24) is 24.6 Å². The number of aromatic nitrogens is 4. The SMILES string of the molecule is Nc1nc2c([nH]c(=O)n2[C@H]2C[C@H](O)[C@@H](COP(=O)(O)NCCS)O2)c(=O)[nH]1. The maximum Gasteiger partial charge on any atom is 0.403 e. The smallest absolute Gasteiger partial charge is 0.390 e. The molecule has 0 spiro atoms. The summed E-state index contributed by atoms with van der Waals surface area (Å²) in [5.41, 5.74) is 4.12. The van der Waals surface area contributed by atoms with Crippen molar-refractivity contribution in [3.8, 4) is 0 Å². The molecule has 2 aromatic heterocycles. The third-order valence-corrected chi connectivity index (χ3v) is 5.27. The zero-order valence-electron chi connectivity index (χ0n) is 13.9. The van der Waals surface area contributed by atoms with Gasteiger partial charge in [-0.15, -0.1) is 0 Å². The number of thiol groups is 1. The van der Waals surface area contributed by atoms with E-state index in [1.807, 2.05) is 0 Å². The van der Waals surface area contributed by atoms with Crippen molar-refractivity contribution in [2.45, 2.75) is 24.9 Å². The predicted octanol–water partition coefficient (Wildman–Crippen LogP) is -1.72. The number of imidazole rings is 1. The molecule has 13 nitrogen and oxygen atoms in total. The van der Waals surface area contributed by atoms with Crippen molar-refractivity contribution in [3.05, 3.63) is 20.8 Å². The average Bonchev–Trinajstić information content (AvgIpc) is 3.10. The fourth-order valence-electron chi connectivity index (χ4n) is 2.73. The van der Waals surface area contributed by atoms with Gasteiger partial charge < -0.3 is 20.5 Å². The summed E-state index contributed by atoms with van der Waals surface area (Å²) in [7, 11) is -4.07. The minimum Gasteiger partial charge on any atom is -0.390 e. The van der Waals surface area contributed by atoms with E-state index in [-0.39, 0.29) is 30.1 Å². The van der Waals surface area contributed by atoms with Crippen molar-refractivity contribution in [1.29, 1.82) is 0 Å². The Morgan fingerprint density at radius 2 is 2.22 bits per heavy atom. The summed E-state index contributed by atoms with van der Waals surface area (Å²) in [6.45, 7) is -0.238. The Hall–Kier alpha value is -1.67. The van der Waals surface area contributed by atoms with Gasteiger partial charge in [-0.3, -0.25) is 19.3 Å². The zero-order valence-corrected chi connectivity index (χ0v) is 15.7. The molecule has 27 heavy (non-hydrogen) atoms. The summed E-state index contributed by atoms with van der Waals surface area (Å²) in [6.07, 6.45) is -3.03. The first-order chi connectivity index (χ1) is 12.7. The Kier molecular flexibility index (Phi) is 5.76. The normalized spacial score (nSPS) is 25.1. The summed E-state index contributed by atoms with van der Waals surface area (Å²) in [5, 5.41) is 12.4. The number of hydrogen-bond donors (Lipinski definition) is 7. The van der Waals surface area contributed by atoms with Crippen molar-refractivity contribution in [2.24, 2.45) is 0 Å². The minimum absolute atomic E-state index is 0.0188. The van der Waals surface area contributed by atoms with Crippen LogP contribution in [0, 0.1) is 0 Å². The molecular formula is C12H19N6O7PS. The molecule has 0 aliphatic carbocycles. The molecule has 1 aliphatic heterocycles. The second-order valence-corrected chi connectivity index (χ2v) is 7.89. The van der Waals surface area contributed by atoms with Crippen LogP contribution in [0.2, 0.25) is 0 Å². The van der Waals surface area contributed by atoms with Crippen LogP contribution in [0.15, 0.2) is 9.59 Å². The molecular weight excluding hydrogens is 403 g/mol. The summed E-state index contributed by atoms with van der Waals surface area (Å²) >= 11 is 3.91. The van der Waals surface area contributed by atoms with E-state index in [9.17, 15) is 24.2 Å². The highest BCUT2D eigenvalue weighted by Gasteiger charge is 2.38. The molecule has 7 N–H and O–H groups in total. The Morgan fingerprint density at radius 1 is 1.48 bits per heavy atom. The number of hydrogen-bond acceptors (Lipinski definition) is 9. The van der Waals surface area contributed by atoms with Crippen LogP contribution in [0.4, 0.5) is 5.95 Å². The number of nitrogens with two attached hydrogens (primary N) is 1. The van der Waals surface area contributed by atoms with E-state index in [1.165, 1.54) is 0 Å². The molecule has 0 amide bonds. The average molecular weight is 422 g/mol. The van der Waals surface area contributed by atoms with Gasteiger partial charge in [-0.1, -0.05) is 0 Å². The number of nitrogens with zero attached hydrogens (tertiary/aromatic N) is 2. The van der Waals surface area contributed by atoms with Gasteiger partial charge in [-0.25, -0.2) is 19.0 Å².